The van der Waals surface area contributed by atoms with Crippen LogP contribution in [0, 0.1) is 6.92 Å². The molecule has 7 heteroatoms. The number of nitrogens with two attached hydrogens (primary N) is 1. The SMILES string of the molecule is Cc1cc(S(=O)(=O)Nc2cccc(N(C)C)c2)sc1CN. The highest BCUT2D eigenvalue weighted by molar-refractivity contribution is 7.94. The normalized spacial score (nSPS) is 11.4. The number of aryl methyl sites for hydroxylation is 1. The predicted molar refractivity (Wildman–Crippen MR) is 88.5 cm³/mol. The van der Waals surface area contributed by atoms with Crippen molar-refractivity contribution in [3.8, 4) is 0 Å². The highest BCUT2D eigenvalue weighted by atomic mass is 32.2. The molecule has 5 nitrogen and oxygen atoms in total. The summed E-state index contributed by atoms with van der Waals surface area (Å²) in [6, 6.07) is 8.92. The average molecular weight is 325 g/mol. The van der Waals surface area contributed by atoms with Gasteiger partial charge in [0.15, 0.2) is 0 Å². The number of hydrogen-bond acceptors (Lipinski definition) is 5. The van der Waals surface area contributed by atoms with Gasteiger partial charge in [-0.3, -0.25) is 4.72 Å². The van der Waals surface area contributed by atoms with Gasteiger partial charge >= 0.3 is 0 Å². The summed E-state index contributed by atoms with van der Waals surface area (Å²) in [5.41, 5.74) is 7.98. The lowest BCUT2D eigenvalue weighted by molar-refractivity contribution is 0.603. The van der Waals surface area contributed by atoms with Crippen molar-refractivity contribution >= 4 is 32.7 Å². The predicted octanol–water partition coefficient (Wildman–Crippen LogP) is 2.38. The van der Waals surface area contributed by atoms with Gasteiger partial charge in [-0.05, 0) is 36.8 Å². The van der Waals surface area contributed by atoms with Crippen molar-refractivity contribution < 1.29 is 8.42 Å². The fourth-order valence-electron chi connectivity index (χ4n) is 1.88. The van der Waals surface area contributed by atoms with Crippen LogP contribution in [0.5, 0.6) is 0 Å². The van der Waals surface area contributed by atoms with Crippen LogP contribution in [0.3, 0.4) is 0 Å². The Hall–Kier alpha value is -1.57. The Morgan fingerprint density at radius 1 is 1.29 bits per heavy atom. The molecule has 0 saturated heterocycles. The molecule has 1 aromatic heterocycles. The number of nitrogens with one attached hydrogen (secondary N) is 1. The molecule has 0 spiro atoms. The molecule has 0 aliphatic heterocycles. The summed E-state index contributed by atoms with van der Waals surface area (Å²) >= 11 is 1.21. The van der Waals surface area contributed by atoms with Crippen molar-refractivity contribution in [2.75, 3.05) is 23.7 Å². The van der Waals surface area contributed by atoms with Gasteiger partial charge in [0.2, 0.25) is 0 Å². The Morgan fingerprint density at radius 2 is 2.00 bits per heavy atom. The van der Waals surface area contributed by atoms with Crippen LogP contribution in [-0.2, 0) is 16.6 Å². The first kappa shape index (κ1) is 15.8. The Labute approximate surface area is 129 Å². The number of hydrogen-bond donors (Lipinski definition) is 2. The Bertz CT molecular complexity index is 736. The molecule has 2 aromatic rings. The lowest BCUT2D eigenvalue weighted by atomic mass is 10.3. The second-order valence-electron chi connectivity index (χ2n) is 4.93. The second kappa shape index (κ2) is 6.05. The minimum absolute atomic E-state index is 0.288. The molecule has 21 heavy (non-hydrogen) atoms. The summed E-state index contributed by atoms with van der Waals surface area (Å²) in [4.78, 5) is 2.80. The van der Waals surface area contributed by atoms with E-state index in [-0.39, 0.29) is 4.21 Å². The van der Waals surface area contributed by atoms with E-state index < -0.39 is 10.0 Å². The minimum Gasteiger partial charge on any atom is -0.378 e. The quantitative estimate of drug-likeness (QED) is 0.885. The largest absolute Gasteiger partial charge is 0.378 e. The minimum atomic E-state index is -3.57. The lowest BCUT2D eigenvalue weighted by Gasteiger charge is -2.14. The van der Waals surface area contributed by atoms with Gasteiger partial charge < -0.3 is 10.6 Å². The average Bonchev–Trinajstić information content (AvgIpc) is 2.80. The van der Waals surface area contributed by atoms with E-state index in [4.69, 9.17) is 5.73 Å². The molecule has 0 aliphatic carbocycles. The Morgan fingerprint density at radius 3 is 2.57 bits per heavy atom. The smallest absolute Gasteiger partial charge is 0.271 e. The summed E-state index contributed by atoms with van der Waals surface area (Å²) in [6.45, 7) is 2.21. The summed E-state index contributed by atoms with van der Waals surface area (Å²) in [5.74, 6) is 0. The van der Waals surface area contributed by atoms with Crippen molar-refractivity contribution in [2.45, 2.75) is 17.7 Å². The zero-order chi connectivity index (χ0) is 15.6. The molecule has 0 radical (unpaired) electrons. The third kappa shape index (κ3) is 3.55. The Kier molecular flexibility index (Phi) is 4.55. The van der Waals surface area contributed by atoms with Gasteiger partial charge in [0.05, 0.1) is 5.69 Å². The zero-order valence-corrected chi connectivity index (χ0v) is 13.9. The third-order valence-electron chi connectivity index (χ3n) is 3.06. The molecule has 0 saturated carbocycles. The van der Waals surface area contributed by atoms with Crippen molar-refractivity contribution in [3.05, 3.63) is 40.8 Å². The maximum Gasteiger partial charge on any atom is 0.271 e. The van der Waals surface area contributed by atoms with Gasteiger partial charge in [0.1, 0.15) is 4.21 Å². The van der Waals surface area contributed by atoms with Crippen LogP contribution in [0.4, 0.5) is 11.4 Å². The number of benzene rings is 1. The summed E-state index contributed by atoms with van der Waals surface area (Å²) in [7, 11) is 0.240. The summed E-state index contributed by atoms with van der Waals surface area (Å²) in [6.07, 6.45) is 0. The van der Waals surface area contributed by atoms with E-state index in [2.05, 4.69) is 4.72 Å². The third-order valence-corrected chi connectivity index (χ3v) is 6.18. The Balaban J connectivity index is 2.30. The number of sulfonamides is 1. The lowest BCUT2D eigenvalue weighted by Crippen LogP contribution is -2.13. The van der Waals surface area contributed by atoms with Gasteiger partial charge in [-0.1, -0.05) is 6.07 Å². The highest BCUT2D eigenvalue weighted by Crippen LogP contribution is 2.28. The van der Waals surface area contributed by atoms with Gasteiger partial charge in [-0.15, -0.1) is 11.3 Å². The van der Waals surface area contributed by atoms with E-state index in [1.165, 1.54) is 11.3 Å². The van der Waals surface area contributed by atoms with Crippen LogP contribution in [0.1, 0.15) is 10.4 Å². The molecule has 0 aliphatic rings. The van der Waals surface area contributed by atoms with E-state index in [1.54, 1.807) is 18.2 Å². The standard InChI is InChI=1S/C14H19N3O2S2/c1-10-7-14(20-13(10)9-15)21(18,19)16-11-5-4-6-12(8-11)17(2)3/h4-8,16H,9,15H2,1-3H3. The molecule has 2 rings (SSSR count). The fraction of sp³-hybridized carbons (Fsp3) is 0.286. The fourth-order valence-corrected chi connectivity index (χ4v) is 4.39. The van der Waals surface area contributed by atoms with Crippen molar-refractivity contribution in [2.24, 2.45) is 5.73 Å². The van der Waals surface area contributed by atoms with E-state index >= 15 is 0 Å². The number of anilines is 2. The van der Waals surface area contributed by atoms with Crippen LogP contribution in [0.25, 0.3) is 0 Å². The van der Waals surface area contributed by atoms with Gasteiger partial charge in [-0.2, -0.15) is 0 Å². The maximum absolute atomic E-state index is 12.4. The molecule has 0 unspecified atom stereocenters. The molecule has 0 amide bonds. The maximum atomic E-state index is 12.4. The van der Waals surface area contributed by atoms with Crippen LogP contribution in [0.2, 0.25) is 0 Å². The highest BCUT2D eigenvalue weighted by Gasteiger charge is 2.18. The van der Waals surface area contributed by atoms with Gasteiger partial charge in [-0.25, -0.2) is 8.42 Å². The first-order chi connectivity index (χ1) is 9.83. The monoisotopic (exact) mass is 325 g/mol. The molecule has 0 fully saturated rings. The molecular formula is C14H19N3O2S2. The number of thiophene rings is 1. The molecular weight excluding hydrogens is 306 g/mol. The summed E-state index contributed by atoms with van der Waals surface area (Å²) < 4.78 is 27.7. The molecule has 1 aromatic carbocycles. The molecule has 3 N–H and O–H groups in total. The number of rotatable bonds is 5. The van der Waals surface area contributed by atoms with E-state index in [9.17, 15) is 8.42 Å². The van der Waals surface area contributed by atoms with E-state index in [0.717, 1.165) is 16.1 Å². The zero-order valence-electron chi connectivity index (χ0n) is 12.3. The topological polar surface area (TPSA) is 75.4 Å². The van der Waals surface area contributed by atoms with Gasteiger partial charge in [0.25, 0.3) is 10.0 Å². The van der Waals surface area contributed by atoms with E-state index in [1.807, 2.05) is 38.1 Å². The van der Waals surface area contributed by atoms with Crippen LogP contribution >= 0.6 is 11.3 Å². The van der Waals surface area contributed by atoms with Crippen molar-refractivity contribution in [1.82, 2.24) is 0 Å². The van der Waals surface area contributed by atoms with Crippen molar-refractivity contribution in [3.63, 3.8) is 0 Å². The molecule has 1 heterocycles. The van der Waals surface area contributed by atoms with Crippen LogP contribution < -0.4 is 15.4 Å². The first-order valence-corrected chi connectivity index (χ1v) is 8.73. The van der Waals surface area contributed by atoms with E-state index in [0.29, 0.717) is 12.2 Å². The molecule has 114 valence electrons. The number of nitrogens with zero attached hydrogens (tertiary/aromatic N) is 1. The molecule has 0 atom stereocenters. The second-order valence-corrected chi connectivity index (χ2v) is 7.97. The van der Waals surface area contributed by atoms with Gasteiger partial charge in [0, 0.05) is 31.2 Å². The molecule has 0 bridgehead atoms. The van der Waals surface area contributed by atoms with Crippen LogP contribution in [0.15, 0.2) is 34.5 Å². The first-order valence-electron chi connectivity index (χ1n) is 6.43. The van der Waals surface area contributed by atoms with Crippen LogP contribution in [-0.4, -0.2) is 22.5 Å². The van der Waals surface area contributed by atoms with Crippen molar-refractivity contribution in [1.29, 1.82) is 0 Å². The summed E-state index contributed by atoms with van der Waals surface area (Å²) in [5, 5.41) is 0.